The number of aliphatic imine (C=N–C) groups is 1. The molecule has 4 heterocycles. The standard InChI is InChI=1S/C46H45ClN8O12S2/c1-23-53-54-43-35(52-38(24-6-9-26(47)10-7-24)29-21-27(65-2)11-17-36(29)55(23)43)22-37(56)50-18-4-3-5-19-51-44(57)25-8-12-30-28(20-25)45(58)67-46(30)31-13-15-33(48)41(68(59,60)61)39(31)66-40-32(46)14-16-34(49)42(40)69(62,63)64/h6-17,20-21,31,33,35,39,41H,3-5,18-19,22,48-49H2,1-2H3,(H,50,56)(H,51,57)(H,59,60,61)(H,62,63,64)/t31?,33?,35-,39?,41?,46?/m0/s1. The number of fused-ring (bicyclic) bond motifs is 9. The lowest BCUT2D eigenvalue weighted by Crippen LogP contribution is -2.61. The van der Waals surface area contributed by atoms with Gasteiger partial charge in [0.05, 0.1) is 42.1 Å². The number of amides is 2. The maximum atomic E-state index is 13.8. The number of nitrogens with two attached hydrogens (primary N) is 2. The quantitative estimate of drug-likeness (QED) is 0.0319. The van der Waals surface area contributed by atoms with Gasteiger partial charge in [0, 0.05) is 52.0 Å². The highest BCUT2D eigenvalue weighted by Gasteiger charge is 2.63. The van der Waals surface area contributed by atoms with Crippen LogP contribution in [0.2, 0.25) is 5.02 Å². The molecule has 0 saturated heterocycles. The van der Waals surface area contributed by atoms with E-state index in [1.807, 2.05) is 41.8 Å². The minimum atomic E-state index is -5.13. The molecule has 0 bridgehead atoms. The minimum Gasteiger partial charge on any atom is -0.497 e. The summed E-state index contributed by atoms with van der Waals surface area (Å²) in [6, 6.07) is 17.5. The molecule has 0 fully saturated rings. The number of esters is 1. The lowest BCUT2D eigenvalue weighted by molar-refractivity contribution is -0.121. The maximum Gasteiger partial charge on any atom is 0.339 e. The Hall–Kier alpha value is -6.69. The SMILES string of the molecule is COc1ccc2c(c1)C(c1ccc(Cl)cc1)=N[C@@H](CC(=O)NCCCCCNC(=O)c1ccc3c(c1)C(=O)OC31c3ccc(N)c(S(=O)(=O)O)c3OC3C1C=CC(N)C3S(=O)(=O)O)c1nnc(C)n1-2. The van der Waals surface area contributed by atoms with E-state index in [9.17, 15) is 40.3 Å². The van der Waals surface area contributed by atoms with E-state index in [1.54, 1.807) is 19.2 Å². The van der Waals surface area contributed by atoms with Crippen LogP contribution in [0.25, 0.3) is 5.69 Å². The summed E-state index contributed by atoms with van der Waals surface area (Å²) in [7, 11) is -8.53. The summed E-state index contributed by atoms with van der Waals surface area (Å²) in [5, 5.41) is 13.3. The minimum absolute atomic E-state index is 0.0104. The van der Waals surface area contributed by atoms with Gasteiger partial charge in [-0.25, -0.2) is 4.79 Å². The number of ether oxygens (including phenoxy) is 3. The normalized spacial score (nSPS) is 22.1. The van der Waals surface area contributed by atoms with E-state index in [1.165, 1.54) is 36.4 Å². The molecular formula is C46H45ClN8O12S2. The van der Waals surface area contributed by atoms with Crippen LogP contribution in [0.3, 0.4) is 0 Å². The number of nitrogens with zero attached hydrogens (tertiary/aromatic N) is 4. The first-order valence-corrected chi connectivity index (χ1v) is 25.0. The Bertz CT molecular complexity index is 3240. The summed E-state index contributed by atoms with van der Waals surface area (Å²) in [6.45, 7) is 2.43. The molecule has 5 unspecified atom stereocenters. The number of benzene rings is 4. The number of halogens is 1. The van der Waals surface area contributed by atoms with E-state index in [0.717, 1.165) is 22.9 Å². The lowest BCUT2D eigenvalue weighted by Gasteiger charge is -2.49. The summed E-state index contributed by atoms with van der Waals surface area (Å²) in [5.74, 6) is -1.74. The molecule has 3 aliphatic heterocycles. The number of nitrogen functional groups attached to an aromatic ring is 1. The third-order valence-electron chi connectivity index (χ3n) is 12.7. The summed E-state index contributed by atoms with van der Waals surface area (Å²) in [4.78, 5) is 44.9. The van der Waals surface area contributed by atoms with Crippen molar-refractivity contribution in [3.05, 3.63) is 135 Å². The topological polar surface area (TPSA) is 307 Å². The zero-order valence-electron chi connectivity index (χ0n) is 36.8. The van der Waals surface area contributed by atoms with Crippen molar-refractivity contribution >= 4 is 61.0 Å². The largest absolute Gasteiger partial charge is 0.497 e. The number of carbonyl (C=O) groups excluding carboxylic acids is 3. The van der Waals surface area contributed by atoms with Crippen molar-refractivity contribution in [1.82, 2.24) is 25.4 Å². The second-order valence-corrected chi connectivity index (χ2v) is 20.3. The Labute approximate surface area is 400 Å². The zero-order chi connectivity index (χ0) is 49.2. The number of hydrogen-bond donors (Lipinski definition) is 6. The second kappa shape index (κ2) is 18.0. The molecule has 69 heavy (non-hydrogen) atoms. The molecule has 5 aromatic rings. The van der Waals surface area contributed by atoms with Crippen molar-refractivity contribution < 1.29 is 54.5 Å². The first-order chi connectivity index (χ1) is 32.8. The van der Waals surface area contributed by atoms with Gasteiger partial charge < -0.3 is 36.3 Å². The molecule has 23 heteroatoms. The molecule has 1 aromatic heterocycles. The van der Waals surface area contributed by atoms with E-state index < -0.39 is 83.4 Å². The maximum absolute atomic E-state index is 13.8. The molecule has 4 aliphatic rings. The van der Waals surface area contributed by atoms with Crippen LogP contribution in [0.5, 0.6) is 11.5 Å². The number of unbranched alkanes of at least 4 members (excludes halogenated alkanes) is 2. The first-order valence-electron chi connectivity index (χ1n) is 21.7. The van der Waals surface area contributed by atoms with Gasteiger partial charge in [0.25, 0.3) is 26.1 Å². The van der Waals surface area contributed by atoms with E-state index in [2.05, 4.69) is 20.8 Å². The third kappa shape index (κ3) is 8.50. The van der Waals surface area contributed by atoms with E-state index in [-0.39, 0.29) is 41.1 Å². The Morgan fingerprint density at radius 1 is 0.913 bits per heavy atom. The molecule has 4 aromatic carbocycles. The molecule has 360 valence electrons. The highest BCUT2D eigenvalue weighted by molar-refractivity contribution is 7.86. The molecule has 0 radical (unpaired) electrons. The average molecular weight is 1000 g/mol. The molecule has 20 nitrogen and oxygen atoms in total. The summed E-state index contributed by atoms with van der Waals surface area (Å²) in [5.41, 5.74) is 12.7. The van der Waals surface area contributed by atoms with Gasteiger partial charge in [-0.3, -0.25) is 28.3 Å². The summed E-state index contributed by atoms with van der Waals surface area (Å²) in [6.07, 6.45) is 2.87. The van der Waals surface area contributed by atoms with Gasteiger partial charge in [-0.05, 0) is 80.8 Å². The van der Waals surface area contributed by atoms with E-state index >= 15 is 0 Å². The van der Waals surface area contributed by atoms with E-state index in [4.69, 9.17) is 42.3 Å². The Kier molecular flexibility index (Phi) is 12.4. The van der Waals surface area contributed by atoms with Crippen LogP contribution in [0, 0.1) is 12.8 Å². The average Bonchev–Trinajstić information content (AvgIpc) is 3.78. The number of anilines is 1. The van der Waals surface area contributed by atoms with Gasteiger partial charge in [-0.1, -0.05) is 42.0 Å². The van der Waals surface area contributed by atoms with Crippen LogP contribution in [-0.4, -0.2) is 102 Å². The third-order valence-corrected chi connectivity index (χ3v) is 15.2. The van der Waals surface area contributed by atoms with Gasteiger partial charge in [0.15, 0.2) is 22.1 Å². The smallest absolute Gasteiger partial charge is 0.339 e. The number of aryl methyl sites for hydroxylation is 1. The van der Waals surface area contributed by atoms with E-state index in [0.29, 0.717) is 53.9 Å². The van der Waals surface area contributed by atoms with Crippen LogP contribution >= 0.6 is 11.6 Å². The Morgan fingerprint density at radius 3 is 2.35 bits per heavy atom. The van der Waals surface area contributed by atoms with Crippen molar-refractivity contribution in [3.8, 4) is 17.2 Å². The fourth-order valence-corrected chi connectivity index (χ4v) is 11.5. The zero-order valence-corrected chi connectivity index (χ0v) is 39.2. The summed E-state index contributed by atoms with van der Waals surface area (Å²) >= 11 is 6.22. The van der Waals surface area contributed by atoms with Crippen molar-refractivity contribution in [1.29, 1.82) is 0 Å². The molecule has 6 atom stereocenters. The number of carbonyl (C=O) groups is 3. The molecule has 9 rings (SSSR count). The van der Waals surface area contributed by atoms with Crippen molar-refractivity contribution in [2.24, 2.45) is 16.6 Å². The first kappa shape index (κ1) is 47.4. The predicted molar refractivity (Wildman–Crippen MR) is 250 cm³/mol. The highest BCUT2D eigenvalue weighted by Crippen LogP contribution is 2.58. The molecule has 1 spiro atoms. The van der Waals surface area contributed by atoms with Gasteiger partial charge in [-0.15, -0.1) is 10.2 Å². The van der Waals surface area contributed by atoms with Crippen LogP contribution in [0.15, 0.2) is 94.8 Å². The van der Waals surface area contributed by atoms with Crippen molar-refractivity contribution in [2.75, 3.05) is 25.9 Å². The van der Waals surface area contributed by atoms with Crippen molar-refractivity contribution in [3.63, 3.8) is 0 Å². The van der Waals surface area contributed by atoms with Crippen LogP contribution in [-0.2, 0) is 35.4 Å². The van der Waals surface area contributed by atoms with Crippen LogP contribution < -0.4 is 31.6 Å². The fourth-order valence-electron chi connectivity index (χ4n) is 9.60. The Morgan fingerprint density at radius 2 is 1.64 bits per heavy atom. The van der Waals surface area contributed by atoms with Gasteiger partial charge in [0.2, 0.25) is 5.91 Å². The number of rotatable bonds is 13. The number of aromatic nitrogens is 3. The molecule has 2 amide bonds. The number of hydrogen-bond acceptors (Lipinski definition) is 15. The molecule has 1 aliphatic carbocycles. The predicted octanol–water partition coefficient (Wildman–Crippen LogP) is 4.01. The van der Waals surface area contributed by atoms with Gasteiger partial charge in [0.1, 0.15) is 29.0 Å². The molecular weight excluding hydrogens is 956 g/mol. The number of methoxy groups -OCH3 is 1. The van der Waals surface area contributed by atoms with Crippen LogP contribution in [0.1, 0.15) is 86.3 Å². The van der Waals surface area contributed by atoms with Gasteiger partial charge >= 0.3 is 5.97 Å². The number of nitrogens with one attached hydrogen (secondary N) is 2. The fraction of sp³-hybridized carbons (Fsp3) is 0.304. The lowest BCUT2D eigenvalue weighted by atomic mass is 9.68. The monoisotopic (exact) mass is 1000 g/mol. The molecule has 0 saturated carbocycles. The highest BCUT2D eigenvalue weighted by atomic mass is 35.5. The summed E-state index contributed by atoms with van der Waals surface area (Å²) < 4.78 is 90.8. The van der Waals surface area contributed by atoms with Gasteiger partial charge in [-0.2, -0.15) is 16.8 Å². The van der Waals surface area contributed by atoms with Crippen molar-refractivity contribution in [2.45, 2.75) is 66.5 Å². The Balaban J connectivity index is 0.857. The van der Waals surface area contributed by atoms with Crippen LogP contribution in [0.4, 0.5) is 5.69 Å². The second-order valence-electron chi connectivity index (χ2n) is 17.0. The molecule has 8 N–H and O–H groups in total.